The van der Waals surface area contributed by atoms with Crippen LogP contribution in [0.2, 0.25) is 0 Å². The van der Waals surface area contributed by atoms with E-state index >= 15 is 0 Å². The van der Waals surface area contributed by atoms with Gasteiger partial charge in [-0.25, -0.2) is 8.42 Å². The van der Waals surface area contributed by atoms with Gasteiger partial charge in [0.1, 0.15) is 5.75 Å². The van der Waals surface area contributed by atoms with Gasteiger partial charge in [-0.1, -0.05) is 35.5 Å². The Bertz CT molecular complexity index is 1060. The zero-order valence-electron chi connectivity index (χ0n) is 16.2. The van der Waals surface area contributed by atoms with Crippen LogP contribution in [-0.4, -0.2) is 42.6 Å². The van der Waals surface area contributed by atoms with Gasteiger partial charge in [-0.2, -0.15) is 9.29 Å². The van der Waals surface area contributed by atoms with Gasteiger partial charge in [-0.05, 0) is 44.0 Å². The van der Waals surface area contributed by atoms with Crippen molar-refractivity contribution >= 4 is 10.0 Å². The van der Waals surface area contributed by atoms with Crippen LogP contribution in [0.25, 0.3) is 11.4 Å². The van der Waals surface area contributed by atoms with Gasteiger partial charge in [0.2, 0.25) is 21.7 Å². The predicted octanol–water partition coefficient (Wildman–Crippen LogP) is 3.70. The van der Waals surface area contributed by atoms with Crippen molar-refractivity contribution in [3.05, 3.63) is 60.5 Å². The second-order valence-electron chi connectivity index (χ2n) is 6.88. The second kappa shape index (κ2) is 8.34. The van der Waals surface area contributed by atoms with Crippen molar-refractivity contribution in [2.75, 3.05) is 19.7 Å². The van der Waals surface area contributed by atoms with Crippen molar-refractivity contribution in [2.45, 2.75) is 30.6 Å². The molecule has 1 fully saturated rings. The van der Waals surface area contributed by atoms with Crippen molar-refractivity contribution in [3.8, 4) is 17.1 Å². The molecule has 7 nitrogen and oxygen atoms in total. The first kappa shape index (κ1) is 19.6. The maximum Gasteiger partial charge on any atom is 0.243 e. The summed E-state index contributed by atoms with van der Waals surface area (Å²) in [7, 11) is -3.47. The molecule has 2 aromatic carbocycles. The molecule has 0 spiro atoms. The molecule has 0 amide bonds. The molecule has 4 rings (SSSR count). The van der Waals surface area contributed by atoms with Crippen molar-refractivity contribution < 1.29 is 17.7 Å². The highest BCUT2D eigenvalue weighted by atomic mass is 32.2. The predicted molar refractivity (Wildman–Crippen MR) is 108 cm³/mol. The first-order chi connectivity index (χ1) is 14.1. The third-order valence-corrected chi connectivity index (χ3v) is 6.97. The van der Waals surface area contributed by atoms with Gasteiger partial charge >= 0.3 is 0 Å². The second-order valence-corrected chi connectivity index (χ2v) is 8.81. The van der Waals surface area contributed by atoms with E-state index in [9.17, 15) is 8.42 Å². The Morgan fingerprint density at radius 1 is 1.07 bits per heavy atom. The topological polar surface area (TPSA) is 85.5 Å². The molecule has 1 aliphatic rings. The van der Waals surface area contributed by atoms with Crippen LogP contribution in [0, 0.1) is 0 Å². The highest BCUT2D eigenvalue weighted by molar-refractivity contribution is 7.89. The van der Waals surface area contributed by atoms with Gasteiger partial charge in [-0.3, -0.25) is 0 Å². The fraction of sp³-hybridized carbons (Fsp3) is 0.333. The van der Waals surface area contributed by atoms with Crippen LogP contribution in [0.4, 0.5) is 0 Å². The van der Waals surface area contributed by atoms with Crippen LogP contribution in [0.3, 0.4) is 0 Å². The van der Waals surface area contributed by atoms with Crippen molar-refractivity contribution in [3.63, 3.8) is 0 Å². The number of ether oxygens (including phenoxy) is 1. The molecule has 1 aromatic heterocycles. The van der Waals surface area contributed by atoms with Gasteiger partial charge in [-0.15, -0.1) is 0 Å². The lowest BCUT2D eigenvalue weighted by Crippen LogP contribution is -2.37. The van der Waals surface area contributed by atoms with E-state index in [1.807, 2.05) is 37.3 Å². The lowest BCUT2D eigenvalue weighted by Gasteiger charge is -2.29. The SMILES string of the molecule is CCOc1ccccc1-c1noc(C2CCN(S(=O)(=O)c3ccccc3)CC2)n1. The number of hydrogen-bond donors (Lipinski definition) is 0. The molecule has 2 heterocycles. The Morgan fingerprint density at radius 3 is 2.48 bits per heavy atom. The summed E-state index contributed by atoms with van der Waals surface area (Å²) in [4.78, 5) is 4.89. The quantitative estimate of drug-likeness (QED) is 0.612. The number of rotatable bonds is 6. The zero-order chi connectivity index (χ0) is 20.3. The Hall–Kier alpha value is -2.71. The Labute approximate surface area is 170 Å². The van der Waals surface area contributed by atoms with Crippen molar-refractivity contribution in [1.82, 2.24) is 14.4 Å². The van der Waals surface area contributed by atoms with Gasteiger partial charge in [0.05, 0.1) is 17.1 Å². The Kier molecular flexibility index (Phi) is 5.64. The lowest BCUT2D eigenvalue weighted by molar-refractivity contribution is 0.270. The number of aromatic nitrogens is 2. The molecule has 0 unspecified atom stereocenters. The normalized spacial score (nSPS) is 16.0. The molecule has 0 bridgehead atoms. The van der Waals surface area contributed by atoms with E-state index in [-0.39, 0.29) is 5.92 Å². The van der Waals surface area contributed by atoms with Crippen LogP contribution < -0.4 is 4.74 Å². The molecule has 0 saturated carbocycles. The van der Waals surface area contributed by atoms with Crippen molar-refractivity contribution in [1.29, 1.82) is 0 Å². The molecule has 0 aliphatic carbocycles. The van der Waals surface area contributed by atoms with Gasteiger partial charge < -0.3 is 9.26 Å². The summed E-state index contributed by atoms with van der Waals surface area (Å²) >= 11 is 0. The number of benzene rings is 2. The number of sulfonamides is 1. The minimum Gasteiger partial charge on any atom is -0.493 e. The summed E-state index contributed by atoms with van der Waals surface area (Å²) < 4.78 is 38.2. The Morgan fingerprint density at radius 2 is 1.76 bits per heavy atom. The third kappa shape index (κ3) is 4.04. The van der Waals surface area contributed by atoms with Crippen LogP contribution in [-0.2, 0) is 10.0 Å². The summed E-state index contributed by atoms with van der Waals surface area (Å²) in [6, 6.07) is 16.1. The fourth-order valence-electron chi connectivity index (χ4n) is 3.53. The van der Waals surface area contributed by atoms with E-state index in [1.54, 1.807) is 24.3 Å². The standard InChI is InChI=1S/C21H23N3O4S/c1-2-27-19-11-7-6-10-18(19)20-22-21(28-23-20)16-12-14-24(15-13-16)29(25,26)17-8-4-3-5-9-17/h3-11,16H,2,12-15H2,1H3. The zero-order valence-corrected chi connectivity index (χ0v) is 17.0. The van der Waals surface area contributed by atoms with Crippen molar-refractivity contribution in [2.24, 2.45) is 0 Å². The highest BCUT2D eigenvalue weighted by Crippen LogP contribution is 2.33. The molecule has 1 aliphatic heterocycles. The molecule has 29 heavy (non-hydrogen) atoms. The maximum atomic E-state index is 12.8. The van der Waals surface area contributed by atoms with E-state index in [1.165, 1.54) is 4.31 Å². The molecular formula is C21H23N3O4S. The van der Waals surface area contributed by atoms with Crippen LogP contribution >= 0.6 is 0 Å². The minimum atomic E-state index is -3.47. The Balaban J connectivity index is 1.47. The number of piperidine rings is 1. The van der Waals surface area contributed by atoms with Gasteiger partial charge in [0.15, 0.2) is 0 Å². The fourth-order valence-corrected chi connectivity index (χ4v) is 5.02. The van der Waals surface area contributed by atoms with Crippen LogP contribution in [0.15, 0.2) is 64.0 Å². The highest BCUT2D eigenvalue weighted by Gasteiger charge is 2.32. The molecule has 3 aromatic rings. The van der Waals surface area contributed by atoms with E-state index in [0.717, 1.165) is 5.56 Å². The third-order valence-electron chi connectivity index (χ3n) is 5.05. The summed E-state index contributed by atoms with van der Waals surface area (Å²) in [6.07, 6.45) is 1.28. The summed E-state index contributed by atoms with van der Waals surface area (Å²) in [6.45, 7) is 3.33. The average Bonchev–Trinajstić information content (AvgIpc) is 3.25. The van der Waals surface area contributed by atoms with E-state index < -0.39 is 10.0 Å². The number of para-hydroxylation sites is 1. The lowest BCUT2D eigenvalue weighted by atomic mass is 9.98. The summed E-state index contributed by atoms with van der Waals surface area (Å²) in [5.41, 5.74) is 0.786. The van der Waals surface area contributed by atoms with E-state index in [4.69, 9.17) is 9.26 Å². The summed E-state index contributed by atoms with van der Waals surface area (Å²) in [5.74, 6) is 1.79. The molecular weight excluding hydrogens is 390 g/mol. The molecule has 0 radical (unpaired) electrons. The maximum absolute atomic E-state index is 12.8. The summed E-state index contributed by atoms with van der Waals surface area (Å²) in [5, 5.41) is 4.12. The average molecular weight is 413 g/mol. The number of nitrogens with zero attached hydrogens (tertiary/aromatic N) is 3. The van der Waals surface area contributed by atoms with Crippen LogP contribution in [0.5, 0.6) is 5.75 Å². The molecule has 152 valence electrons. The molecule has 8 heteroatoms. The van der Waals surface area contributed by atoms with E-state index in [0.29, 0.717) is 54.9 Å². The number of hydrogen-bond acceptors (Lipinski definition) is 6. The molecule has 0 N–H and O–H groups in total. The molecule has 0 atom stereocenters. The monoisotopic (exact) mass is 413 g/mol. The smallest absolute Gasteiger partial charge is 0.243 e. The van der Waals surface area contributed by atoms with Gasteiger partial charge in [0, 0.05) is 19.0 Å². The first-order valence-corrected chi connectivity index (χ1v) is 11.1. The first-order valence-electron chi connectivity index (χ1n) is 9.70. The molecule has 1 saturated heterocycles. The van der Waals surface area contributed by atoms with E-state index in [2.05, 4.69) is 10.1 Å². The minimum absolute atomic E-state index is 0.0396. The van der Waals surface area contributed by atoms with Gasteiger partial charge in [0.25, 0.3) is 0 Å². The van der Waals surface area contributed by atoms with Crippen LogP contribution in [0.1, 0.15) is 31.6 Å². The largest absolute Gasteiger partial charge is 0.493 e.